The van der Waals surface area contributed by atoms with Gasteiger partial charge in [0.1, 0.15) is 18.2 Å². The van der Waals surface area contributed by atoms with E-state index in [1.54, 1.807) is 12.1 Å². The van der Waals surface area contributed by atoms with Crippen molar-refractivity contribution in [1.29, 1.82) is 0 Å². The molecule has 1 N–H and O–H groups in total. The molecule has 1 aromatic rings. The fourth-order valence-corrected chi connectivity index (χ4v) is 2.31. The molecule has 19 heavy (non-hydrogen) atoms. The number of carboxylic acids is 1. The third-order valence-electron chi connectivity index (χ3n) is 3.33. The van der Waals surface area contributed by atoms with Crippen molar-refractivity contribution >= 4 is 5.97 Å². The highest BCUT2D eigenvalue weighted by Gasteiger charge is 2.24. The summed E-state index contributed by atoms with van der Waals surface area (Å²) in [6, 6.07) is 6.02. The van der Waals surface area contributed by atoms with Gasteiger partial charge in [0, 0.05) is 19.2 Å². The normalized spacial score (nSPS) is 20.2. The molecular weight excluding hydrogens is 249 g/mol. The number of carbonyl (C=O) groups is 1. The number of carboxylic acid groups (broad SMARTS) is 1. The van der Waals surface area contributed by atoms with Crippen molar-refractivity contribution in [3.63, 3.8) is 0 Å². The van der Waals surface area contributed by atoms with Gasteiger partial charge in [-0.25, -0.2) is 4.39 Å². The lowest BCUT2D eigenvalue weighted by molar-refractivity contribution is -0.143. The first kappa shape index (κ1) is 13.8. The van der Waals surface area contributed by atoms with Gasteiger partial charge in [-0.2, -0.15) is 0 Å². The van der Waals surface area contributed by atoms with Crippen LogP contribution in [0.25, 0.3) is 0 Å². The van der Waals surface area contributed by atoms with Crippen LogP contribution in [0.15, 0.2) is 24.3 Å². The standard InChI is InChI=1S/C14H18FNO3/c15-12-4-1-5-13(9-12)19-8-7-16-6-2-3-11(10-16)14(17)18/h1,4-5,9,11H,2-3,6-8,10H2,(H,17,18). The van der Waals surface area contributed by atoms with Crippen molar-refractivity contribution in [1.82, 2.24) is 4.90 Å². The van der Waals surface area contributed by atoms with Gasteiger partial charge in [0.05, 0.1) is 5.92 Å². The molecular formula is C14H18FNO3. The first-order chi connectivity index (χ1) is 9.15. The predicted octanol–water partition coefficient (Wildman–Crippen LogP) is 2.00. The van der Waals surface area contributed by atoms with Crippen molar-refractivity contribution in [2.24, 2.45) is 5.92 Å². The number of rotatable bonds is 5. The highest BCUT2D eigenvalue weighted by Crippen LogP contribution is 2.17. The van der Waals surface area contributed by atoms with E-state index in [9.17, 15) is 9.18 Å². The fourth-order valence-electron chi connectivity index (χ4n) is 2.31. The van der Waals surface area contributed by atoms with Gasteiger partial charge in [0.15, 0.2) is 0 Å². The van der Waals surface area contributed by atoms with Gasteiger partial charge >= 0.3 is 5.97 Å². The SMILES string of the molecule is O=C(O)C1CCCN(CCOc2cccc(F)c2)C1. The third-order valence-corrected chi connectivity index (χ3v) is 3.33. The van der Waals surface area contributed by atoms with Crippen LogP contribution >= 0.6 is 0 Å². The minimum atomic E-state index is -0.726. The minimum Gasteiger partial charge on any atom is -0.492 e. The summed E-state index contributed by atoms with van der Waals surface area (Å²) in [7, 11) is 0. The van der Waals surface area contributed by atoms with Crippen LogP contribution in [-0.4, -0.2) is 42.2 Å². The van der Waals surface area contributed by atoms with Gasteiger partial charge < -0.3 is 9.84 Å². The summed E-state index contributed by atoms with van der Waals surface area (Å²) < 4.78 is 18.4. The first-order valence-electron chi connectivity index (χ1n) is 6.48. The number of piperidine rings is 1. The summed E-state index contributed by atoms with van der Waals surface area (Å²) in [5, 5.41) is 8.99. The molecule has 1 unspecified atom stereocenters. The fraction of sp³-hybridized carbons (Fsp3) is 0.500. The zero-order chi connectivity index (χ0) is 13.7. The van der Waals surface area contributed by atoms with Gasteiger partial charge in [-0.3, -0.25) is 9.69 Å². The lowest BCUT2D eigenvalue weighted by Crippen LogP contribution is -2.40. The summed E-state index contributed by atoms with van der Waals surface area (Å²) in [5.74, 6) is -0.813. The molecule has 0 amide bonds. The van der Waals surface area contributed by atoms with E-state index < -0.39 is 5.97 Å². The summed E-state index contributed by atoms with van der Waals surface area (Å²) in [4.78, 5) is 13.0. The molecule has 1 fully saturated rings. The zero-order valence-electron chi connectivity index (χ0n) is 10.7. The number of halogens is 1. The van der Waals surface area contributed by atoms with Crippen LogP contribution in [0.1, 0.15) is 12.8 Å². The number of likely N-dealkylation sites (tertiary alicyclic amines) is 1. The Labute approximate surface area is 111 Å². The van der Waals surface area contributed by atoms with Gasteiger partial charge in [0.25, 0.3) is 0 Å². The molecule has 1 saturated heterocycles. The number of nitrogens with zero attached hydrogens (tertiary/aromatic N) is 1. The average Bonchev–Trinajstić information content (AvgIpc) is 2.39. The molecule has 1 atom stereocenters. The molecule has 1 aromatic carbocycles. The molecule has 0 saturated carbocycles. The molecule has 5 heteroatoms. The smallest absolute Gasteiger partial charge is 0.307 e. The molecule has 1 heterocycles. The molecule has 104 valence electrons. The maximum atomic E-state index is 12.9. The van der Waals surface area contributed by atoms with Gasteiger partial charge in [0.2, 0.25) is 0 Å². The van der Waals surface area contributed by atoms with Gasteiger partial charge in [-0.05, 0) is 31.5 Å². The van der Waals surface area contributed by atoms with Crippen molar-refractivity contribution in [2.45, 2.75) is 12.8 Å². The Morgan fingerprint density at radius 3 is 3.11 bits per heavy atom. The second-order valence-electron chi connectivity index (χ2n) is 4.78. The zero-order valence-corrected chi connectivity index (χ0v) is 10.7. The maximum Gasteiger partial charge on any atom is 0.307 e. The van der Waals surface area contributed by atoms with E-state index in [4.69, 9.17) is 9.84 Å². The van der Waals surface area contributed by atoms with Crippen LogP contribution in [0.3, 0.4) is 0 Å². The maximum absolute atomic E-state index is 12.9. The number of benzene rings is 1. The van der Waals surface area contributed by atoms with Crippen LogP contribution in [0.2, 0.25) is 0 Å². The Hall–Kier alpha value is -1.62. The quantitative estimate of drug-likeness (QED) is 0.886. The Kier molecular flexibility index (Phi) is 4.74. The van der Waals surface area contributed by atoms with Gasteiger partial charge in [-0.15, -0.1) is 0 Å². The van der Waals surface area contributed by atoms with E-state index in [-0.39, 0.29) is 11.7 Å². The van der Waals surface area contributed by atoms with E-state index >= 15 is 0 Å². The Balaban J connectivity index is 1.75. The molecule has 0 aliphatic carbocycles. The van der Waals surface area contributed by atoms with Crippen molar-refractivity contribution in [3.05, 3.63) is 30.1 Å². The van der Waals surface area contributed by atoms with Crippen molar-refractivity contribution in [3.8, 4) is 5.75 Å². The summed E-state index contributed by atoms with van der Waals surface area (Å²) >= 11 is 0. The summed E-state index contributed by atoms with van der Waals surface area (Å²) in [6.07, 6.45) is 1.65. The highest BCUT2D eigenvalue weighted by atomic mass is 19.1. The molecule has 0 aromatic heterocycles. The average molecular weight is 267 g/mol. The summed E-state index contributed by atoms with van der Waals surface area (Å²) in [5.41, 5.74) is 0. The van der Waals surface area contributed by atoms with E-state index in [1.807, 2.05) is 0 Å². The van der Waals surface area contributed by atoms with E-state index in [0.29, 0.717) is 25.4 Å². The Morgan fingerprint density at radius 1 is 1.53 bits per heavy atom. The monoisotopic (exact) mass is 267 g/mol. The third kappa shape index (κ3) is 4.21. The van der Waals surface area contributed by atoms with Crippen molar-refractivity contribution < 1.29 is 19.0 Å². The van der Waals surface area contributed by atoms with E-state index in [2.05, 4.69) is 4.90 Å². The molecule has 1 aliphatic heterocycles. The number of hydrogen-bond donors (Lipinski definition) is 1. The Bertz CT molecular complexity index is 438. The van der Waals surface area contributed by atoms with E-state index in [1.165, 1.54) is 12.1 Å². The second kappa shape index (κ2) is 6.52. The molecule has 0 radical (unpaired) electrons. The first-order valence-corrected chi connectivity index (χ1v) is 6.48. The number of ether oxygens (including phenoxy) is 1. The summed E-state index contributed by atoms with van der Waals surface area (Å²) in [6.45, 7) is 2.58. The van der Waals surface area contributed by atoms with Crippen LogP contribution in [-0.2, 0) is 4.79 Å². The lowest BCUT2D eigenvalue weighted by Gasteiger charge is -2.30. The highest BCUT2D eigenvalue weighted by molar-refractivity contribution is 5.70. The van der Waals surface area contributed by atoms with Crippen LogP contribution in [0, 0.1) is 11.7 Å². The largest absolute Gasteiger partial charge is 0.492 e. The Morgan fingerprint density at radius 2 is 2.37 bits per heavy atom. The van der Waals surface area contributed by atoms with E-state index in [0.717, 1.165) is 19.4 Å². The predicted molar refractivity (Wildman–Crippen MR) is 68.7 cm³/mol. The molecule has 0 spiro atoms. The minimum absolute atomic E-state index is 0.275. The van der Waals surface area contributed by atoms with Crippen LogP contribution < -0.4 is 4.74 Å². The second-order valence-corrected chi connectivity index (χ2v) is 4.78. The topological polar surface area (TPSA) is 49.8 Å². The van der Waals surface area contributed by atoms with Crippen LogP contribution in [0.5, 0.6) is 5.75 Å². The number of aliphatic carboxylic acids is 1. The molecule has 0 bridgehead atoms. The number of hydrogen-bond acceptors (Lipinski definition) is 3. The van der Waals surface area contributed by atoms with Crippen molar-refractivity contribution in [2.75, 3.05) is 26.2 Å². The molecule has 4 nitrogen and oxygen atoms in total. The lowest BCUT2D eigenvalue weighted by atomic mass is 9.98. The van der Waals surface area contributed by atoms with Gasteiger partial charge in [-0.1, -0.05) is 6.07 Å². The molecule has 1 aliphatic rings. The molecule has 2 rings (SSSR count). The van der Waals surface area contributed by atoms with Crippen LogP contribution in [0.4, 0.5) is 4.39 Å².